The number of rotatable bonds is 2. The molecule has 98 valence electrons. The minimum absolute atomic E-state index is 0.220. The third kappa shape index (κ3) is 1.91. The van der Waals surface area contributed by atoms with Gasteiger partial charge in [0.25, 0.3) is 0 Å². The van der Waals surface area contributed by atoms with Gasteiger partial charge in [-0.2, -0.15) is 5.26 Å². The van der Waals surface area contributed by atoms with Gasteiger partial charge < -0.3 is 9.30 Å². The molecule has 0 amide bonds. The number of nitrogens with zero attached hydrogens (tertiary/aromatic N) is 3. The number of hydrogen-bond acceptors (Lipinski definition) is 3. The zero-order valence-corrected chi connectivity index (χ0v) is 11.3. The van der Waals surface area contributed by atoms with E-state index in [0.29, 0.717) is 11.5 Å². The lowest BCUT2D eigenvalue weighted by Crippen LogP contribution is -2.15. The van der Waals surface area contributed by atoms with Gasteiger partial charge in [0.15, 0.2) is 0 Å². The molecule has 1 fully saturated rings. The molecular weight excluding hydrogens is 238 g/mol. The summed E-state index contributed by atoms with van der Waals surface area (Å²) in [4.78, 5) is 4.76. The summed E-state index contributed by atoms with van der Waals surface area (Å²) in [6, 6.07) is 7.89. The number of ether oxygens (including phenoxy) is 1. The molecular formula is C15H17N3O. The molecule has 1 aromatic carbocycles. The van der Waals surface area contributed by atoms with Crippen LogP contribution in [0.1, 0.15) is 37.6 Å². The molecule has 2 heterocycles. The number of hydrogen-bond donors (Lipinski definition) is 0. The fraction of sp³-hybridized carbons (Fsp3) is 0.467. The largest absolute Gasteiger partial charge is 0.378 e. The van der Waals surface area contributed by atoms with E-state index in [1.807, 2.05) is 18.2 Å². The van der Waals surface area contributed by atoms with Gasteiger partial charge in [0, 0.05) is 19.1 Å². The van der Waals surface area contributed by atoms with Crippen LogP contribution in [0, 0.1) is 11.3 Å². The Hall–Kier alpha value is -1.86. The average Bonchev–Trinajstić information content (AvgIpc) is 3.00. The highest BCUT2D eigenvalue weighted by molar-refractivity contribution is 5.78. The molecule has 4 nitrogen and oxygen atoms in total. The molecule has 0 bridgehead atoms. The van der Waals surface area contributed by atoms with Gasteiger partial charge in [-0.25, -0.2) is 4.98 Å². The van der Waals surface area contributed by atoms with Crippen LogP contribution in [0.2, 0.25) is 0 Å². The molecule has 3 rings (SSSR count). The Kier molecular flexibility index (Phi) is 3.00. The first kappa shape index (κ1) is 12.2. The van der Waals surface area contributed by atoms with E-state index in [4.69, 9.17) is 15.0 Å². The standard InChI is InChI=1S/C15H17N3O/c1-3-18-14-5-4-11(9-16)8-13(14)17-15(18)12-6-7-19-10(12)2/h4-5,8,10,12H,3,6-7H2,1-2H3. The van der Waals surface area contributed by atoms with Crippen LogP contribution in [-0.2, 0) is 11.3 Å². The van der Waals surface area contributed by atoms with Crippen LogP contribution in [-0.4, -0.2) is 22.3 Å². The van der Waals surface area contributed by atoms with Crippen LogP contribution < -0.4 is 0 Å². The lowest BCUT2D eigenvalue weighted by atomic mass is 10.0. The van der Waals surface area contributed by atoms with Crippen molar-refractivity contribution in [2.45, 2.75) is 38.8 Å². The van der Waals surface area contributed by atoms with Crippen LogP contribution in [0.15, 0.2) is 18.2 Å². The van der Waals surface area contributed by atoms with Crippen molar-refractivity contribution in [1.82, 2.24) is 9.55 Å². The van der Waals surface area contributed by atoms with Crippen molar-refractivity contribution in [3.63, 3.8) is 0 Å². The molecule has 19 heavy (non-hydrogen) atoms. The van der Waals surface area contributed by atoms with E-state index in [1.54, 1.807) is 0 Å². The Morgan fingerprint density at radius 2 is 2.37 bits per heavy atom. The number of nitriles is 1. The SMILES string of the molecule is CCn1c(C2CCOC2C)nc2cc(C#N)ccc21. The summed E-state index contributed by atoms with van der Waals surface area (Å²) in [5.41, 5.74) is 2.68. The number of fused-ring (bicyclic) bond motifs is 1. The minimum Gasteiger partial charge on any atom is -0.378 e. The Morgan fingerprint density at radius 1 is 1.53 bits per heavy atom. The van der Waals surface area contributed by atoms with E-state index in [-0.39, 0.29) is 6.10 Å². The van der Waals surface area contributed by atoms with E-state index >= 15 is 0 Å². The van der Waals surface area contributed by atoms with Gasteiger partial charge in [0.2, 0.25) is 0 Å². The fourth-order valence-electron chi connectivity index (χ4n) is 2.90. The van der Waals surface area contributed by atoms with E-state index in [1.165, 1.54) is 0 Å². The first-order valence-electron chi connectivity index (χ1n) is 6.76. The van der Waals surface area contributed by atoms with E-state index < -0.39 is 0 Å². The van der Waals surface area contributed by atoms with Crippen LogP contribution in [0.25, 0.3) is 11.0 Å². The third-order valence-corrected chi connectivity index (χ3v) is 3.93. The number of benzene rings is 1. The fourth-order valence-corrected chi connectivity index (χ4v) is 2.90. The molecule has 4 heteroatoms. The maximum absolute atomic E-state index is 8.98. The maximum atomic E-state index is 8.98. The zero-order valence-electron chi connectivity index (χ0n) is 11.3. The molecule has 1 aromatic heterocycles. The molecule has 0 aliphatic carbocycles. The summed E-state index contributed by atoms with van der Waals surface area (Å²) in [6.45, 7) is 5.93. The van der Waals surface area contributed by atoms with Gasteiger partial charge in [0.1, 0.15) is 5.82 Å². The molecule has 2 atom stereocenters. The molecule has 1 aliphatic heterocycles. The second kappa shape index (κ2) is 4.67. The van der Waals surface area contributed by atoms with Gasteiger partial charge in [0.05, 0.1) is 28.8 Å². The van der Waals surface area contributed by atoms with Crippen molar-refractivity contribution in [3.05, 3.63) is 29.6 Å². The van der Waals surface area contributed by atoms with E-state index in [0.717, 1.165) is 36.4 Å². The van der Waals surface area contributed by atoms with Crippen molar-refractivity contribution in [3.8, 4) is 6.07 Å². The van der Waals surface area contributed by atoms with Crippen molar-refractivity contribution in [2.24, 2.45) is 0 Å². The topological polar surface area (TPSA) is 50.8 Å². The minimum atomic E-state index is 0.220. The molecule has 2 aromatic rings. The summed E-state index contributed by atoms with van der Waals surface area (Å²) in [5.74, 6) is 1.45. The van der Waals surface area contributed by atoms with Crippen molar-refractivity contribution < 1.29 is 4.74 Å². The molecule has 2 unspecified atom stereocenters. The van der Waals surface area contributed by atoms with Crippen molar-refractivity contribution >= 4 is 11.0 Å². The highest BCUT2D eigenvalue weighted by Gasteiger charge is 2.30. The second-order valence-electron chi connectivity index (χ2n) is 5.00. The summed E-state index contributed by atoms with van der Waals surface area (Å²) in [5, 5.41) is 8.98. The first-order chi connectivity index (χ1) is 9.24. The highest BCUT2D eigenvalue weighted by Crippen LogP contribution is 2.32. The average molecular weight is 255 g/mol. The Labute approximate surface area is 112 Å². The molecule has 0 spiro atoms. The van der Waals surface area contributed by atoms with Crippen LogP contribution in [0.5, 0.6) is 0 Å². The van der Waals surface area contributed by atoms with Gasteiger partial charge >= 0.3 is 0 Å². The lowest BCUT2D eigenvalue weighted by molar-refractivity contribution is 0.117. The molecule has 0 radical (unpaired) electrons. The van der Waals surface area contributed by atoms with Gasteiger partial charge in [-0.15, -0.1) is 0 Å². The van der Waals surface area contributed by atoms with Crippen LogP contribution in [0.4, 0.5) is 0 Å². The second-order valence-corrected chi connectivity index (χ2v) is 5.00. The predicted molar refractivity (Wildman–Crippen MR) is 72.9 cm³/mol. The van der Waals surface area contributed by atoms with Crippen LogP contribution >= 0.6 is 0 Å². The van der Waals surface area contributed by atoms with Gasteiger partial charge in [-0.3, -0.25) is 0 Å². The maximum Gasteiger partial charge on any atom is 0.115 e. The van der Waals surface area contributed by atoms with Gasteiger partial charge in [-0.05, 0) is 38.5 Å². The lowest BCUT2D eigenvalue weighted by Gasteiger charge is -2.15. The monoisotopic (exact) mass is 255 g/mol. The van der Waals surface area contributed by atoms with Crippen LogP contribution in [0.3, 0.4) is 0 Å². The molecule has 0 saturated carbocycles. The number of aryl methyl sites for hydroxylation is 1. The predicted octanol–water partition coefficient (Wildman–Crippen LogP) is 2.82. The first-order valence-corrected chi connectivity index (χ1v) is 6.76. The van der Waals surface area contributed by atoms with Crippen molar-refractivity contribution in [1.29, 1.82) is 5.26 Å². The summed E-state index contributed by atoms with van der Waals surface area (Å²) >= 11 is 0. The molecule has 0 N–H and O–H groups in total. The quantitative estimate of drug-likeness (QED) is 0.829. The molecule has 1 saturated heterocycles. The third-order valence-electron chi connectivity index (χ3n) is 3.93. The summed E-state index contributed by atoms with van der Waals surface area (Å²) in [6.07, 6.45) is 1.24. The summed E-state index contributed by atoms with van der Waals surface area (Å²) < 4.78 is 7.90. The molecule has 1 aliphatic rings. The van der Waals surface area contributed by atoms with Crippen molar-refractivity contribution in [2.75, 3.05) is 6.61 Å². The number of aromatic nitrogens is 2. The Balaban J connectivity index is 2.16. The van der Waals surface area contributed by atoms with E-state index in [9.17, 15) is 0 Å². The van der Waals surface area contributed by atoms with Gasteiger partial charge in [-0.1, -0.05) is 0 Å². The zero-order chi connectivity index (χ0) is 13.4. The normalized spacial score (nSPS) is 22.8. The van der Waals surface area contributed by atoms with E-state index in [2.05, 4.69) is 24.5 Å². The smallest absolute Gasteiger partial charge is 0.115 e. The number of imidazole rings is 1. The Morgan fingerprint density at radius 3 is 3.00 bits per heavy atom. The summed E-state index contributed by atoms with van der Waals surface area (Å²) in [7, 11) is 0. The Bertz CT molecular complexity index is 653. The highest BCUT2D eigenvalue weighted by atomic mass is 16.5.